The number of nitrogens with zero attached hydrogens (tertiary/aromatic N) is 3. The number of H-pyrrole nitrogens is 1. The van der Waals surface area contributed by atoms with Crippen LogP contribution in [0.4, 0.5) is 0 Å². The average Bonchev–Trinajstić information content (AvgIpc) is 3.62. The van der Waals surface area contributed by atoms with Gasteiger partial charge in [0.15, 0.2) is 6.10 Å². The minimum Gasteiger partial charge on any atom is -0.497 e. The highest BCUT2D eigenvalue weighted by molar-refractivity contribution is 7.44. The molecule has 1 saturated heterocycles. The number of benzene rings is 3. The first kappa shape index (κ1) is 44.2. The number of aryl methyl sites for hydroxylation is 1. The van der Waals surface area contributed by atoms with Crippen LogP contribution in [0.5, 0.6) is 11.5 Å². The molecule has 0 aliphatic carbocycles. The Balaban J connectivity index is 1.64. The van der Waals surface area contributed by atoms with Crippen LogP contribution in [0.2, 0.25) is 0 Å². The first-order valence-electron chi connectivity index (χ1n) is 19.2. The Morgan fingerprint density at radius 3 is 2.03 bits per heavy atom. The van der Waals surface area contributed by atoms with Gasteiger partial charge in [0.25, 0.3) is 14.1 Å². The molecular weight excluding hydrogens is 763 g/mol. The van der Waals surface area contributed by atoms with E-state index in [4.69, 9.17) is 32.7 Å². The van der Waals surface area contributed by atoms with E-state index in [0.29, 0.717) is 17.1 Å². The topological polar surface area (TPSA) is 164 Å². The molecule has 0 spiro atoms. The zero-order valence-corrected chi connectivity index (χ0v) is 35.1. The van der Waals surface area contributed by atoms with Gasteiger partial charge in [0.2, 0.25) is 0 Å². The van der Waals surface area contributed by atoms with E-state index in [2.05, 4.69) is 15.7 Å². The molecular formula is C43H53N4O10P. The number of hydrogen-bond donors (Lipinski definition) is 1. The Labute approximate surface area is 340 Å². The predicted molar refractivity (Wildman–Crippen MR) is 218 cm³/mol. The molecule has 1 fully saturated rings. The van der Waals surface area contributed by atoms with Crippen molar-refractivity contribution in [3.8, 4) is 17.6 Å². The maximum Gasteiger partial charge on any atom is 0.330 e. The van der Waals surface area contributed by atoms with Crippen molar-refractivity contribution in [2.75, 3.05) is 27.4 Å². The van der Waals surface area contributed by atoms with Crippen molar-refractivity contribution in [1.82, 2.24) is 14.2 Å². The highest BCUT2D eigenvalue weighted by atomic mass is 31.2. The van der Waals surface area contributed by atoms with Gasteiger partial charge in [-0.2, -0.15) is 5.26 Å². The smallest absolute Gasteiger partial charge is 0.330 e. The molecule has 1 N–H and O–H groups in total. The highest BCUT2D eigenvalue weighted by Gasteiger charge is 2.48. The molecule has 5 rings (SSSR count). The predicted octanol–water partition coefficient (Wildman–Crippen LogP) is 6.75. The lowest BCUT2D eigenvalue weighted by molar-refractivity contribution is -0.171. The average molecular weight is 817 g/mol. The number of nitrogens with one attached hydrogen (secondary N) is 1. The number of nitriles is 1. The minimum atomic E-state index is -1.80. The fourth-order valence-corrected chi connectivity index (χ4v) is 8.91. The fraction of sp³-hybridized carbons (Fsp3) is 0.442. The summed E-state index contributed by atoms with van der Waals surface area (Å²) in [4.78, 5) is 41.0. The Bertz CT molecular complexity index is 2050. The summed E-state index contributed by atoms with van der Waals surface area (Å²) in [5.41, 5.74) is 0.182. The van der Waals surface area contributed by atoms with Crippen molar-refractivity contribution in [2.24, 2.45) is 0 Å². The van der Waals surface area contributed by atoms with Gasteiger partial charge in [-0.1, -0.05) is 54.6 Å². The van der Waals surface area contributed by atoms with E-state index >= 15 is 0 Å². The van der Waals surface area contributed by atoms with Crippen molar-refractivity contribution in [3.63, 3.8) is 0 Å². The van der Waals surface area contributed by atoms with Crippen molar-refractivity contribution >= 4 is 14.5 Å². The van der Waals surface area contributed by atoms with E-state index in [9.17, 15) is 19.6 Å². The molecule has 310 valence electrons. The SMILES string of the molecule is COc1ccc(C(OCC(OC(C)=O)[C@H]2O[C@@H](n3cc(C)c(=O)[nH]c3=O)C[C@@H]2OP(OCCC#N)N(C(C)C)C(C)C)(c2ccccc2)c2ccc(OC)cc2)cc1. The molecule has 2 heterocycles. The molecule has 0 saturated carbocycles. The first-order chi connectivity index (χ1) is 27.8. The third kappa shape index (κ3) is 10.2. The largest absolute Gasteiger partial charge is 0.497 e. The Kier molecular flexibility index (Phi) is 15.4. The van der Waals surface area contributed by atoms with Crippen molar-refractivity contribution in [1.29, 1.82) is 5.26 Å². The second kappa shape index (κ2) is 20.2. The van der Waals surface area contributed by atoms with Gasteiger partial charge < -0.3 is 32.7 Å². The van der Waals surface area contributed by atoms with Crippen molar-refractivity contribution < 1.29 is 37.5 Å². The Hall–Kier alpha value is -4.87. The van der Waals surface area contributed by atoms with Gasteiger partial charge in [0.05, 0.1) is 46.0 Å². The molecule has 0 amide bonds. The second-order valence-electron chi connectivity index (χ2n) is 14.4. The number of methoxy groups -OCH3 is 2. The highest BCUT2D eigenvalue weighted by Crippen LogP contribution is 2.51. The number of hydrogen-bond acceptors (Lipinski definition) is 12. The van der Waals surface area contributed by atoms with Crippen LogP contribution in [0.25, 0.3) is 0 Å². The molecule has 0 bridgehead atoms. The van der Waals surface area contributed by atoms with Crippen LogP contribution in [0, 0.1) is 18.3 Å². The van der Waals surface area contributed by atoms with Crippen LogP contribution in [0.3, 0.4) is 0 Å². The third-order valence-corrected chi connectivity index (χ3v) is 11.9. The van der Waals surface area contributed by atoms with Crippen LogP contribution in [-0.4, -0.2) is 78.0 Å². The lowest BCUT2D eigenvalue weighted by atomic mass is 9.80. The van der Waals surface area contributed by atoms with Crippen LogP contribution in [0.1, 0.15) is 75.9 Å². The number of carbonyl (C=O) groups excluding carboxylic acids is 1. The van der Waals surface area contributed by atoms with E-state index in [1.807, 2.05) is 107 Å². The van der Waals surface area contributed by atoms with Crippen molar-refractivity contribution in [2.45, 2.75) is 96.6 Å². The molecule has 3 aromatic carbocycles. The fourth-order valence-electron chi connectivity index (χ4n) is 7.17. The number of carbonyl (C=O) groups is 1. The lowest BCUT2D eigenvalue weighted by Gasteiger charge is -2.39. The lowest BCUT2D eigenvalue weighted by Crippen LogP contribution is -2.45. The van der Waals surface area contributed by atoms with Gasteiger partial charge in [-0.3, -0.25) is 19.1 Å². The first-order valence-corrected chi connectivity index (χ1v) is 20.3. The van der Waals surface area contributed by atoms with E-state index < -0.39 is 55.9 Å². The summed E-state index contributed by atoms with van der Waals surface area (Å²) in [7, 11) is 1.39. The van der Waals surface area contributed by atoms with Gasteiger partial charge in [-0.25, -0.2) is 9.46 Å². The van der Waals surface area contributed by atoms with E-state index in [0.717, 1.165) is 16.7 Å². The standard InChI is InChI=1S/C43H53N4O10P/c1-28(2)47(29(3)4)58(54-24-12-23-44)57-37-25-39(46-26-30(5)41(49)45-42(46)50)56-40(37)38(55-31(6)48)27-53-43(32-13-10-9-11-14-32,33-15-19-35(51-7)20-16-33)34-17-21-36(52-8)22-18-34/h9-11,13-22,26,28-29,37-40H,12,24-25,27H2,1-8H3,(H,45,49,50)/t37-,38?,39+,40-,58?/m0/s1. The zero-order valence-electron chi connectivity index (χ0n) is 34.2. The molecule has 1 aliphatic heterocycles. The summed E-state index contributed by atoms with van der Waals surface area (Å²) < 4.78 is 47.5. The quantitative estimate of drug-likeness (QED) is 0.0459. The van der Waals surface area contributed by atoms with E-state index in [-0.39, 0.29) is 38.1 Å². The van der Waals surface area contributed by atoms with Gasteiger partial charge in [-0.05, 0) is 75.6 Å². The van der Waals surface area contributed by atoms with Crippen LogP contribution in [0.15, 0.2) is 94.6 Å². The molecule has 0 radical (unpaired) electrons. The minimum absolute atomic E-state index is 0.0117. The second-order valence-corrected chi connectivity index (χ2v) is 15.8. The molecule has 1 aromatic heterocycles. The van der Waals surface area contributed by atoms with E-state index in [1.54, 1.807) is 21.1 Å². The molecule has 14 nitrogen and oxygen atoms in total. The maximum atomic E-state index is 13.2. The summed E-state index contributed by atoms with van der Waals surface area (Å²) in [5.74, 6) is 0.720. The zero-order chi connectivity index (χ0) is 42.0. The summed E-state index contributed by atoms with van der Waals surface area (Å²) in [5, 5.41) is 9.34. The maximum absolute atomic E-state index is 13.2. The number of rotatable bonds is 19. The Morgan fingerprint density at radius 1 is 0.948 bits per heavy atom. The number of aromatic amines is 1. The van der Waals surface area contributed by atoms with Gasteiger partial charge in [0, 0.05) is 37.2 Å². The summed E-state index contributed by atoms with van der Waals surface area (Å²) >= 11 is 0. The van der Waals surface area contributed by atoms with E-state index in [1.165, 1.54) is 17.7 Å². The van der Waals surface area contributed by atoms with Gasteiger partial charge in [-0.15, -0.1) is 0 Å². The molecule has 15 heteroatoms. The molecule has 4 aromatic rings. The van der Waals surface area contributed by atoms with Crippen molar-refractivity contribution in [3.05, 3.63) is 128 Å². The van der Waals surface area contributed by atoms with Gasteiger partial charge >= 0.3 is 11.7 Å². The summed E-state index contributed by atoms with van der Waals surface area (Å²) in [6, 6.07) is 26.9. The molecule has 2 unspecified atom stereocenters. The molecule has 58 heavy (non-hydrogen) atoms. The number of aromatic nitrogens is 2. The summed E-state index contributed by atoms with van der Waals surface area (Å²) in [6.45, 7) is 10.9. The van der Waals surface area contributed by atoms with Crippen LogP contribution >= 0.6 is 8.53 Å². The Morgan fingerprint density at radius 2 is 1.52 bits per heavy atom. The third-order valence-electron chi connectivity index (χ3n) is 9.78. The van der Waals surface area contributed by atoms with Crippen LogP contribution < -0.4 is 20.7 Å². The summed E-state index contributed by atoms with van der Waals surface area (Å²) in [6.07, 6.45) is -2.13. The normalized spacial score (nSPS) is 17.9. The number of ether oxygens (including phenoxy) is 5. The number of esters is 1. The van der Waals surface area contributed by atoms with Crippen LogP contribution in [-0.2, 0) is 33.7 Å². The van der Waals surface area contributed by atoms with Gasteiger partial charge in [0.1, 0.15) is 29.4 Å². The molecule has 1 aliphatic rings. The monoisotopic (exact) mass is 816 g/mol. The molecule has 5 atom stereocenters.